The van der Waals surface area contributed by atoms with Gasteiger partial charge in [0.2, 0.25) is 0 Å². The lowest BCUT2D eigenvalue weighted by atomic mass is 10.1. The van der Waals surface area contributed by atoms with E-state index >= 15 is 0 Å². The topological polar surface area (TPSA) is 47.3 Å². The van der Waals surface area contributed by atoms with E-state index in [4.69, 9.17) is 10.2 Å². The van der Waals surface area contributed by atoms with Gasteiger partial charge in [-0.25, -0.2) is 0 Å². The maximum atomic E-state index is 6.04. The van der Waals surface area contributed by atoms with Crippen molar-refractivity contribution in [2.45, 2.75) is 96.9 Å². The smallest absolute Gasteiger partial charge is 0.252 e. The normalized spacial score (nSPS) is 12.7. The average Bonchev–Trinajstić information content (AvgIpc) is 2.53. The van der Waals surface area contributed by atoms with Crippen molar-refractivity contribution < 1.29 is 4.43 Å². The zero-order valence-corrected chi connectivity index (χ0v) is 16.5. The molecule has 0 aromatic heterocycles. The third-order valence-electron chi connectivity index (χ3n) is 4.13. The van der Waals surface area contributed by atoms with E-state index in [9.17, 15) is 0 Å². The molecule has 0 aromatic carbocycles. The summed E-state index contributed by atoms with van der Waals surface area (Å²) in [5.41, 5.74) is 5.55. The van der Waals surface area contributed by atoms with E-state index in [1.54, 1.807) is 0 Å². The molecule has 3 N–H and O–H groups in total. The zero-order valence-electron chi connectivity index (χ0n) is 15.4. The Morgan fingerprint density at radius 1 is 0.773 bits per heavy atom. The van der Waals surface area contributed by atoms with E-state index in [-0.39, 0.29) is 0 Å². The van der Waals surface area contributed by atoms with E-state index in [0.29, 0.717) is 0 Å². The molecule has 0 heterocycles. The minimum Gasteiger partial charge on any atom is -0.406 e. The predicted octanol–water partition coefficient (Wildman–Crippen LogP) is 4.49. The third kappa shape index (κ3) is 16.5. The van der Waals surface area contributed by atoms with Gasteiger partial charge in [0.1, 0.15) is 0 Å². The Morgan fingerprint density at radius 2 is 1.32 bits per heavy atom. The van der Waals surface area contributed by atoms with Crippen molar-refractivity contribution in [3.63, 3.8) is 0 Å². The quantitative estimate of drug-likeness (QED) is 0.287. The molecule has 0 saturated heterocycles. The van der Waals surface area contributed by atoms with Gasteiger partial charge < -0.3 is 15.1 Å². The number of unbranched alkanes of at least 4 members (excludes halogenated alkanes) is 10. The van der Waals surface area contributed by atoms with Crippen LogP contribution >= 0.6 is 0 Å². The Bertz CT molecular complexity index is 206. The van der Waals surface area contributed by atoms with E-state index in [1.807, 2.05) is 0 Å². The minimum atomic E-state index is -1.17. The third-order valence-corrected chi connectivity index (χ3v) is 6.62. The van der Waals surface area contributed by atoms with Gasteiger partial charge in [-0.1, -0.05) is 84.5 Å². The molecule has 0 rings (SSSR count). The Kier molecular flexibility index (Phi) is 19.2. The van der Waals surface area contributed by atoms with Crippen LogP contribution in [0.4, 0.5) is 0 Å². The summed E-state index contributed by atoms with van der Waals surface area (Å²) in [7, 11) is -1.17. The van der Waals surface area contributed by atoms with Gasteiger partial charge in [-0.3, -0.25) is 0 Å². The summed E-state index contributed by atoms with van der Waals surface area (Å²) in [6.07, 6.45) is 16.5. The molecule has 1 atom stereocenters. The van der Waals surface area contributed by atoms with Crippen LogP contribution in [0.1, 0.15) is 90.9 Å². The van der Waals surface area contributed by atoms with Gasteiger partial charge in [0.15, 0.2) is 0 Å². The summed E-state index contributed by atoms with van der Waals surface area (Å²) in [5, 5.41) is 0. The van der Waals surface area contributed by atoms with Crippen molar-refractivity contribution >= 4 is 9.20 Å². The van der Waals surface area contributed by atoms with Gasteiger partial charge in [0.05, 0.1) is 0 Å². The Balaban J connectivity index is 3.23. The van der Waals surface area contributed by atoms with Gasteiger partial charge in [-0.05, 0) is 12.5 Å². The van der Waals surface area contributed by atoms with Crippen molar-refractivity contribution in [1.82, 2.24) is 4.98 Å². The molecular weight excluding hydrogens is 288 g/mol. The Morgan fingerprint density at radius 3 is 1.82 bits per heavy atom. The van der Waals surface area contributed by atoms with Crippen LogP contribution in [0.2, 0.25) is 6.04 Å². The predicted molar refractivity (Wildman–Crippen MR) is 102 cm³/mol. The summed E-state index contributed by atoms with van der Waals surface area (Å²) in [6, 6.07) is 1.22. The molecule has 1 unspecified atom stereocenters. The molecule has 0 radical (unpaired) electrons. The molecule has 4 heteroatoms. The van der Waals surface area contributed by atoms with E-state index in [2.05, 4.69) is 18.8 Å². The minimum absolute atomic E-state index is 0.717. The highest BCUT2D eigenvalue weighted by Gasteiger charge is 2.09. The van der Waals surface area contributed by atoms with E-state index in [0.717, 1.165) is 19.7 Å². The van der Waals surface area contributed by atoms with Crippen molar-refractivity contribution in [3.05, 3.63) is 0 Å². The number of rotatable bonds is 18. The molecule has 0 saturated carbocycles. The van der Waals surface area contributed by atoms with E-state index < -0.39 is 9.20 Å². The van der Waals surface area contributed by atoms with Crippen molar-refractivity contribution in [1.29, 1.82) is 0 Å². The maximum Gasteiger partial charge on any atom is 0.252 e. The summed E-state index contributed by atoms with van der Waals surface area (Å²) in [6.45, 7) is 7.09. The monoisotopic (exact) mass is 330 g/mol. The second kappa shape index (κ2) is 19.1. The van der Waals surface area contributed by atoms with Gasteiger partial charge in [-0.2, -0.15) is 0 Å². The lowest BCUT2D eigenvalue weighted by molar-refractivity contribution is 0.297. The highest BCUT2D eigenvalue weighted by atomic mass is 28.3. The van der Waals surface area contributed by atoms with Crippen LogP contribution in [0.15, 0.2) is 0 Å². The first-order valence-electron chi connectivity index (χ1n) is 9.90. The molecule has 0 amide bonds. The van der Waals surface area contributed by atoms with Gasteiger partial charge >= 0.3 is 0 Å². The first-order chi connectivity index (χ1) is 10.8. The van der Waals surface area contributed by atoms with Crippen LogP contribution in [0.3, 0.4) is 0 Å². The number of nitrogens with two attached hydrogens (primary N) is 1. The molecule has 0 fully saturated rings. The molecular formula is C18H42N2OSi. The molecule has 3 nitrogen and oxygen atoms in total. The first kappa shape index (κ1) is 22.1. The number of nitrogens with one attached hydrogen (secondary N) is 1. The molecule has 22 heavy (non-hydrogen) atoms. The largest absolute Gasteiger partial charge is 0.406 e. The number of hydrogen-bond acceptors (Lipinski definition) is 3. The van der Waals surface area contributed by atoms with Crippen molar-refractivity contribution in [3.8, 4) is 0 Å². The van der Waals surface area contributed by atoms with Crippen LogP contribution < -0.4 is 10.7 Å². The maximum absolute atomic E-state index is 6.04. The molecule has 0 aliphatic heterocycles. The first-order valence-corrected chi connectivity index (χ1v) is 11.8. The Hall–Kier alpha value is 0.0969. The van der Waals surface area contributed by atoms with Crippen LogP contribution in [-0.4, -0.2) is 28.9 Å². The fourth-order valence-corrected chi connectivity index (χ4v) is 4.70. The van der Waals surface area contributed by atoms with Crippen LogP contribution in [0.5, 0.6) is 0 Å². The number of hydrogen-bond donors (Lipinski definition) is 2. The zero-order chi connectivity index (χ0) is 16.3. The lowest BCUT2D eigenvalue weighted by Crippen LogP contribution is -2.40. The van der Waals surface area contributed by atoms with E-state index in [1.165, 1.54) is 83.1 Å². The standard InChI is InChI=1S/C18H42N2OSi/c1-3-5-6-7-8-9-10-11-12-13-14-17-21-22(18-4-2)20-16-15-19/h20,22H,3-19H2,1-2H3. The molecule has 0 bridgehead atoms. The lowest BCUT2D eigenvalue weighted by Gasteiger charge is -2.16. The fourth-order valence-electron chi connectivity index (χ4n) is 2.74. The van der Waals surface area contributed by atoms with Crippen LogP contribution in [-0.2, 0) is 4.43 Å². The van der Waals surface area contributed by atoms with Gasteiger partial charge in [-0.15, -0.1) is 0 Å². The molecule has 0 aliphatic carbocycles. The second-order valence-corrected chi connectivity index (χ2v) is 8.72. The highest BCUT2D eigenvalue weighted by Crippen LogP contribution is 2.11. The summed E-state index contributed by atoms with van der Waals surface area (Å²) < 4.78 is 6.04. The fraction of sp³-hybridized carbons (Fsp3) is 1.00. The summed E-state index contributed by atoms with van der Waals surface area (Å²) in [4.78, 5) is 3.50. The van der Waals surface area contributed by atoms with Crippen LogP contribution in [0.25, 0.3) is 0 Å². The second-order valence-electron chi connectivity index (χ2n) is 6.43. The molecule has 0 aliphatic rings. The van der Waals surface area contributed by atoms with Gasteiger partial charge in [0.25, 0.3) is 9.20 Å². The average molecular weight is 331 g/mol. The summed E-state index contributed by atoms with van der Waals surface area (Å²) >= 11 is 0. The molecule has 134 valence electrons. The van der Waals surface area contributed by atoms with Gasteiger partial charge in [0, 0.05) is 19.7 Å². The van der Waals surface area contributed by atoms with Crippen molar-refractivity contribution in [2.24, 2.45) is 5.73 Å². The summed E-state index contributed by atoms with van der Waals surface area (Å²) in [5.74, 6) is 0. The highest BCUT2D eigenvalue weighted by molar-refractivity contribution is 6.48. The SMILES string of the molecule is CCCCCCCCCCCCCO[SiH](CCC)NCCN. The molecule has 0 spiro atoms. The Labute approximate surface area is 141 Å². The van der Waals surface area contributed by atoms with Crippen molar-refractivity contribution in [2.75, 3.05) is 19.7 Å². The molecule has 0 aromatic rings. The van der Waals surface area contributed by atoms with Crippen LogP contribution in [0, 0.1) is 0 Å².